The van der Waals surface area contributed by atoms with E-state index in [4.69, 9.17) is 0 Å². The average molecular weight is 410 g/mol. The van der Waals surface area contributed by atoms with Crippen molar-refractivity contribution < 1.29 is 13.2 Å². The molecule has 0 aliphatic carbocycles. The van der Waals surface area contributed by atoms with Crippen LogP contribution >= 0.6 is 0 Å². The number of nitrogens with zero attached hydrogens (tertiary/aromatic N) is 2. The molecule has 0 aliphatic heterocycles. The van der Waals surface area contributed by atoms with Gasteiger partial charge in [-0.2, -0.15) is 13.2 Å². The number of alkyl halides is 3. The molecule has 0 bridgehead atoms. The Balaban J connectivity index is 0.000000177. The third-order valence-electron chi connectivity index (χ3n) is 4.13. The number of halogens is 3. The SMILES string of the molecule is O=c1ccc(C(F)(F)F)cn1-c1ccccc1.O=c1ccccn1-c1ccccc1. The van der Waals surface area contributed by atoms with Gasteiger partial charge >= 0.3 is 6.18 Å². The van der Waals surface area contributed by atoms with Crippen molar-refractivity contribution in [3.63, 3.8) is 0 Å². The Morgan fingerprint density at radius 1 is 0.567 bits per heavy atom. The summed E-state index contributed by atoms with van der Waals surface area (Å²) in [6, 6.07) is 24.6. The topological polar surface area (TPSA) is 44.0 Å². The second-order valence-electron chi connectivity index (χ2n) is 6.20. The predicted molar refractivity (Wildman–Crippen MR) is 109 cm³/mol. The maximum absolute atomic E-state index is 12.5. The number of benzene rings is 2. The van der Waals surface area contributed by atoms with Crippen molar-refractivity contribution in [2.75, 3.05) is 0 Å². The van der Waals surface area contributed by atoms with Crippen LogP contribution in [-0.2, 0) is 6.18 Å². The van der Waals surface area contributed by atoms with Gasteiger partial charge < -0.3 is 0 Å². The van der Waals surface area contributed by atoms with Crippen LogP contribution in [0.1, 0.15) is 5.56 Å². The summed E-state index contributed by atoms with van der Waals surface area (Å²) in [7, 11) is 0. The van der Waals surface area contributed by atoms with E-state index in [0.717, 1.165) is 28.6 Å². The Morgan fingerprint density at radius 2 is 1.07 bits per heavy atom. The molecule has 2 aromatic carbocycles. The van der Waals surface area contributed by atoms with Crippen molar-refractivity contribution in [2.45, 2.75) is 6.18 Å². The maximum Gasteiger partial charge on any atom is 0.417 e. The van der Waals surface area contributed by atoms with Gasteiger partial charge in [-0.3, -0.25) is 18.7 Å². The van der Waals surface area contributed by atoms with Crippen molar-refractivity contribution in [2.24, 2.45) is 0 Å². The highest BCUT2D eigenvalue weighted by molar-refractivity contribution is 5.33. The molecule has 0 aliphatic rings. The molecule has 0 amide bonds. The van der Waals surface area contributed by atoms with Crippen LogP contribution in [0.2, 0.25) is 0 Å². The normalized spacial score (nSPS) is 10.8. The summed E-state index contributed by atoms with van der Waals surface area (Å²) in [5, 5.41) is 0. The minimum absolute atomic E-state index is 0.00583. The summed E-state index contributed by atoms with van der Waals surface area (Å²) < 4.78 is 40.1. The lowest BCUT2D eigenvalue weighted by molar-refractivity contribution is -0.138. The zero-order valence-electron chi connectivity index (χ0n) is 15.7. The molecule has 4 rings (SSSR count). The average Bonchev–Trinajstić information content (AvgIpc) is 2.75. The molecule has 152 valence electrons. The minimum atomic E-state index is -4.45. The molecule has 4 aromatic rings. The van der Waals surface area contributed by atoms with E-state index in [0.29, 0.717) is 5.69 Å². The fourth-order valence-electron chi connectivity index (χ4n) is 2.67. The third kappa shape index (κ3) is 5.14. The molecule has 7 heteroatoms. The molecule has 0 unspecified atom stereocenters. The quantitative estimate of drug-likeness (QED) is 0.481. The Bertz CT molecular complexity index is 1210. The lowest BCUT2D eigenvalue weighted by Crippen LogP contribution is -2.19. The molecule has 0 radical (unpaired) electrons. The summed E-state index contributed by atoms with van der Waals surface area (Å²) in [5.41, 5.74) is -0.0458. The zero-order valence-corrected chi connectivity index (χ0v) is 15.7. The van der Waals surface area contributed by atoms with E-state index in [1.165, 1.54) is 0 Å². The van der Waals surface area contributed by atoms with Gasteiger partial charge in [-0.05, 0) is 36.4 Å². The van der Waals surface area contributed by atoms with E-state index in [-0.39, 0.29) is 5.56 Å². The highest BCUT2D eigenvalue weighted by Crippen LogP contribution is 2.28. The van der Waals surface area contributed by atoms with Gasteiger partial charge in [0.1, 0.15) is 0 Å². The first-order chi connectivity index (χ1) is 14.4. The smallest absolute Gasteiger partial charge is 0.284 e. The van der Waals surface area contributed by atoms with Crippen LogP contribution in [-0.4, -0.2) is 9.13 Å². The first kappa shape index (κ1) is 20.9. The number of rotatable bonds is 2. The van der Waals surface area contributed by atoms with Crippen LogP contribution in [0, 0.1) is 0 Å². The van der Waals surface area contributed by atoms with Gasteiger partial charge in [-0.15, -0.1) is 0 Å². The fraction of sp³-hybridized carbons (Fsp3) is 0.0435. The molecule has 0 fully saturated rings. The number of hydrogen-bond acceptors (Lipinski definition) is 2. The first-order valence-electron chi connectivity index (χ1n) is 8.95. The van der Waals surface area contributed by atoms with Crippen LogP contribution in [0.25, 0.3) is 11.4 Å². The maximum atomic E-state index is 12.5. The Morgan fingerprint density at radius 3 is 1.60 bits per heavy atom. The Labute approximate surface area is 170 Å². The van der Waals surface area contributed by atoms with Crippen molar-refractivity contribution in [1.82, 2.24) is 9.13 Å². The Kier molecular flexibility index (Phi) is 6.32. The van der Waals surface area contributed by atoms with Crippen LogP contribution in [0.5, 0.6) is 0 Å². The number of hydrogen-bond donors (Lipinski definition) is 0. The molecule has 0 atom stereocenters. The third-order valence-corrected chi connectivity index (χ3v) is 4.13. The van der Waals surface area contributed by atoms with E-state index in [1.54, 1.807) is 53.2 Å². The fourth-order valence-corrected chi connectivity index (χ4v) is 2.67. The highest BCUT2D eigenvalue weighted by atomic mass is 19.4. The van der Waals surface area contributed by atoms with Crippen molar-refractivity contribution >= 4 is 0 Å². The summed E-state index contributed by atoms with van der Waals surface area (Å²) in [6.45, 7) is 0. The molecule has 2 heterocycles. The number of pyridine rings is 2. The van der Waals surface area contributed by atoms with Gasteiger partial charge in [0, 0.05) is 35.9 Å². The van der Waals surface area contributed by atoms with Crippen molar-refractivity contribution in [3.05, 3.63) is 130 Å². The highest BCUT2D eigenvalue weighted by Gasteiger charge is 2.31. The van der Waals surface area contributed by atoms with Crippen LogP contribution in [0.4, 0.5) is 13.2 Å². The molecular weight excluding hydrogens is 393 g/mol. The lowest BCUT2D eigenvalue weighted by atomic mass is 10.2. The molecule has 0 saturated carbocycles. The predicted octanol–water partition coefficient (Wildman–Crippen LogP) is 4.69. The standard InChI is InChI=1S/C12H8F3NO.C11H9NO/c13-12(14,15)9-6-7-11(17)16(8-9)10-4-2-1-3-5-10;13-11-8-4-5-9-12(11)10-6-2-1-3-7-10/h1-8H;1-9H. The van der Waals surface area contributed by atoms with E-state index < -0.39 is 17.3 Å². The van der Waals surface area contributed by atoms with E-state index in [2.05, 4.69) is 0 Å². The molecule has 0 spiro atoms. The Hall–Kier alpha value is -3.87. The summed E-state index contributed by atoms with van der Waals surface area (Å²) in [5.74, 6) is 0. The van der Waals surface area contributed by atoms with Gasteiger partial charge in [0.15, 0.2) is 0 Å². The molecule has 30 heavy (non-hydrogen) atoms. The summed E-state index contributed by atoms with van der Waals surface area (Å²) in [6.07, 6.45) is -1.89. The summed E-state index contributed by atoms with van der Waals surface area (Å²) >= 11 is 0. The van der Waals surface area contributed by atoms with Gasteiger partial charge in [-0.25, -0.2) is 0 Å². The largest absolute Gasteiger partial charge is 0.417 e. The van der Waals surface area contributed by atoms with Crippen molar-refractivity contribution in [3.8, 4) is 11.4 Å². The monoisotopic (exact) mass is 410 g/mol. The lowest BCUT2D eigenvalue weighted by Gasteiger charge is -2.10. The van der Waals surface area contributed by atoms with E-state index in [9.17, 15) is 22.8 Å². The van der Waals surface area contributed by atoms with E-state index in [1.807, 2.05) is 36.4 Å². The minimum Gasteiger partial charge on any atom is -0.284 e. The van der Waals surface area contributed by atoms with Gasteiger partial charge in [-0.1, -0.05) is 42.5 Å². The second-order valence-corrected chi connectivity index (χ2v) is 6.20. The van der Waals surface area contributed by atoms with Crippen molar-refractivity contribution in [1.29, 1.82) is 0 Å². The van der Waals surface area contributed by atoms with Gasteiger partial charge in [0.2, 0.25) is 0 Å². The second kappa shape index (κ2) is 9.09. The van der Waals surface area contributed by atoms with Gasteiger partial charge in [0.05, 0.1) is 5.56 Å². The zero-order chi connectivity index (χ0) is 21.6. The molecule has 0 N–H and O–H groups in total. The molecule has 0 saturated heterocycles. The first-order valence-corrected chi connectivity index (χ1v) is 8.95. The van der Waals surface area contributed by atoms with Crippen LogP contribution in [0.15, 0.2) is 113 Å². The van der Waals surface area contributed by atoms with Crippen LogP contribution in [0.3, 0.4) is 0 Å². The molecule has 4 nitrogen and oxygen atoms in total. The van der Waals surface area contributed by atoms with Crippen LogP contribution < -0.4 is 11.1 Å². The number of para-hydroxylation sites is 2. The molecule has 2 aromatic heterocycles. The van der Waals surface area contributed by atoms with Gasteiger partial charge in [0.25, 0.3) is 11.1 Å². The summed E-state index contributed by atoms with van der Waals surface area (Å²) in [4.78, 5) is 22.9. The number of aromatic nitrogens is 2. The molecular formula is C23H17F3N2O2. The van der Waals surface area contributed by atoms with E-state index >= 15 is 0 Å².